The van der Waals surface area contributed by atoms with E-state index in [0.29, 0.717) is 19.3 Å². The van der Waals surface area contributed by atoms with E-state index in [0.717, 1.165) is 70.6 Å². The molecule has 6 heteroatoms. The molecular weight excluding hydrogens is 925 g/mol. The van der Waals surface area contributed by atoms with Gasteiger partial charge in [-0.3, -0.25) is 14.4 Å². The number of unbranched alkanes of at least 4 members (excludes halogenated alkanes) is 36. The standard InChI is InChI=1S/C69H122O6/c1-4-7-10-13-16-19-22-25-28-31-33-34-36-38-41-44-47-50-53-56-59-62-68(71)74-65-66(64-73-67(70)61-58-55-52-49-46-43-40-37-30-27-24-21-18-15-12-9-6-3)75-69(72)63-60-57-54-51-48-45-42-39-35-32-29-26-23-20-17-14-11-8-5-2/h17-18,20-21,26-27,29-30,40,43,49,52,66H,4-16,19,22-25,28,31-39,41-42,44-48,50-51,53-65H2,1-3H3/b20-17-,21-18-,29-26-,30-27-,43-40-,52-49-/t66-/m1/s1. The van der Waals surface area contributed by atoms with Gasteiger partial charge in [-0.15, -0.1) is 0 Å². The van der Waals surface area contributed by atoms with Crippen molar-refractivity contribution in [1.82, 2.24) is 0 Å². The van der Waals surface area contributed by atoms with Gasteiger partial charge in [0.25, 0.3) is 0 Å². The summed E-state index contributed by atoms with van der Waals surface area (Å²) in [5, 5.41) is 0. The van der Waals surface area contributed by atoms with Crippen LogP contribution in [0, 0.1) is 0 Å². The first-order valence-electron chi connectivity index (χ1n) is 32.4. The number of esters is 3. The van der Waals surface area contributed by atoms with Crippen LogP contribution in [0.1, 0.15) is 329 Å². The van der Waals surface area contributed by atoms with E-state index in [2.05, 4.69) is 93.7 Å². The maximum absolute atomic E-state index is 12.9. The van der Waals surface area contributed by atoms with Crippen molar-refractivity contribution in [2.24, 2.45) is 0 Å². The van der Waals surface area contributed by atoms with Crippen LogP contribution in [-0.2, 0) is 28.6 Å². The summed E-state index contributed by atoms with van der Waals surface area (Å²) in [6.45, 7) is 6.58. The summed E-state index contributed by atoms with van der Waals surface area (Å²) >= 11 is 0. The molecule has 434 valence electrons. The van der Waals surface area contributed by atoms with E-state index in [1.165, 1.54) is 212 Å². The molecule has 75 heavy (non-hydrogen) atoms. The third-order valence-corrected chi connectivity index (χ3v) is 14.2. The van der Waals surface area contributed by atoms with E-state index in [4.69, 9.17) is 14.2 Å². The Morgan fingerprint density at radius 3 is 0.827 bits per heavy atom. The van der Waals surface area contributed by atoms with Crippen molar-refractivity contribution in [3.05, 3.63) is 72.9 Å². The Morgan fingerprint density at radius 2 is 0.493 bits per heavy atom. The summed E-state index contributed by atoms with van der Waals surface area (Å²) in [7, 11) is 0. The molecule has 1 atom stereocenters. The van der Waals surface area contributed by atoms with Gasteiger partial charge in [-0.25, -0.2) is 0 Å². The van der Waals surface area contributed by atoms with Gasteiger partial charge in [-0.1, -0.05) is 293 Å². The summed E-state index contributed by atoms with van der Waals surface area (Å²) < 4.78 is 16.9. The molecule has 0 fully saturated rings. The highest BCUT2D eigenvalue weighted by Gasteiger charge is 2.19. The molecule has 0 amide bonds. The lowest BCUT2D eigenvalue weighted by Gasteiger charge is -2.18. The Hall–Kier alpha value is -3.15. The molecule has 0 spiro atoms. The third-order valence-electron chi connectivity index (χ3n) is 14.2. The molecule has 0 aliphatic carbocycles. The van der Waals surface area contributed by atoms with Gasteiger partial charge in [0.15, 0.2) is 6.10 Å². The molecule has 0 aromatic carbocycles. The van der Waals surface area contributed by atoms with Gasteiger partial charge >= 0.3 is 17.9 Å². The van der Waals surface area contributed by atoms with Crippen molar-refractivity contribution in [3.8, 4) is 0 Å². The molecule has 0 bridgehead atoms. The number of carbonyl (C=O) groups excluding carboxylic acids is 3. The minimum atomic E-state index is -0.800. The lowest BCUT2D eigenvalue weighted by molar-refractivity contribution is -0.167. The highest BCUT2D eigenvalue weighted by atomic mass is 16.6. The van der Waals surface area contributed by atoms with Gasteiger partial charge in [0, 0.05) is 19.3 Å². The SMILES string of the molecule is CCCCC/C=C\C/C=C\C/C=C\C/C=C\CCCC(=O)OC[C@H](COC(=O)CCCCCCCCCCCCCCCCCCCCCCC)OC(=O)CCCCCCCCCCC/C=C\C/C=C\CCCCC. The van der Waals surface area contributed by atoms with Crippen LogP contribution in [0.2, 0.25) is 0 Å². The normalized spacial score (nSPS) is 12.5. The fourth-order valence-electron chi connectivity index (χ4n) is 9.29. The van der Waals surface area contributed by atoms with Crippen LogP contribution < -0.4 is 0 Å². The van der Waals surface area contributed by atoms with E-state index in [9.17, 15) is 14.4 Å². The topological polar surface area (TPSA) is 78.9 Å². The quantitative estimate of drug-likeness (QED) is 0.0261. The second-order valence-electron chi connectivity index (χ2n) is 21.7. The molecule has 0 heterocycles. The maximum atomic E-state index is 12.9. The summed E-state index contributed by atoms with van der Waals surface area (Å²) in [5.74, 6) is -0.937. The van der Waals surface area contributed by atoms with E-state index < -0.39 is 6.10 Å². The van der Waals surface area contributed by atoms with Crippen molar-refractivity contribution in [3.63, 3.8) is 0 Å². The van der Waals surface area contributed by atoms with Gasteiger partial charge < -0.3 is 14.2 Å². The lowest BCUT2D eigenvalue weighted by Crippen LogP contribution is -2.30. The van der Waals surface area contributed by atoms with Crippen molar-refractivity contribution in [2.45, 2.75) is 335 Å². The minimum Gasteiger partial charge on any atom is -0.462 e. The third kappa shape index (κ3) is 61.6. The Balaban J connectivity index is 4.41. The van der Waals surface area contributed by atoms with Gasteiger partial charge in [0.1, 0.15) is 13.2 Å². The van der Waals surface area contributed by atoms with Crippen LogP contribution in [0.4, 0.5) is 0 Å². The van der Waals surface area contributed by atoms with E-state index in [-0.39, 0.29) is 37.5 Å². The van der Waals surface area contributed by atoms with Crippen LogP contribution in [0.25, 0.3) is 0 Å². The first-order valence-corrected chi connectivity index (χ1v) is 32.4. The zero-order chi connectivity index (χ0) is 54.3. The molecule has 0 N–H and O–H groups in total. The van der Waals surface area contributed by atoms with Crippen molar-refractivity contribution >= 4 is 17.9 Å². The van der Waals surface area contributed by atoms with Crippen LogP contribution in [0.15, 0.2) is 72.9 Å². The Morgan fingerprint density at radius 1 is 0.267 bits per heavy atom. The average molecular weight is 1050 g/mol. The Kier molecular flexibility index (Phi) is 60.7. The average Bonchev–Trinajstić information content (AvgIpc) is 3.41. The summed E-state index contributed by atoms with van der Waals surface area (Å²) in [5.41, 5.74) is 0. The fraction of sp³-hybridized carbons (Fsp3) is 0.783. The van der Waals surface area contributed by atoms with E-state index >= 15 is 0 Å². The highest BCUT2D eigenvalue weighted by Crippen LogP contribution is 2.17. The molecule has 0 aromatic rings. The van der Waals surface area contributed by atoms with Gasteiger partial charge in [0.2, 0.25) is 0 Å². The second kappa shape index (κ2) is 63.4. The molecule has 0 radical (unpaired) electrons. The van der Waals surface area contributed by atoms with E-state index in [1.807, 2.05) is 0 Å². The van der Waals surface area contributed by atoms with Crippen molar-refractivity contribution in [1.29, 1.82) is 0 Å². The number of hydrogen-bond donors (Lipinski definition) is 0. The summed E-state index contributed by atoms with van der Waals surface area (Å²) in [6.07, 6.45) is 82.0. The number of carbonyl (C=O) groups is 3. The number of allylic oxidation sites excluding steroid dienone is 12. The van der Waals surface area contributed by atoms with Crippen LogP contribution >= 0.6 is 0 Å². The predicted molar refractivity (Wildman–Crippen MR) is 325 cm³/mol. The van der Waals surface area contributed by atoms with Gasteiger partial charge in [0.05, 0.1) is 0 Å². The molecular formula is C69H122O6. The van der Waals surface area contributed by atoms with E-state index in [1.54, 1.807) is 0 Å². The first-order chi connectivity index (χ1) is 37.0. The largest absolute Gasteiger partial charge is 0.462 e. The minimum absolute atomic E-state index is 0.0911. The van der Waals surface area contributed by atoms with Crippen molar-refractivity contribution < 1.29 is 28.6 Å². The smallest absolute Gasteiger partial charge is 0.306 e. The first kappa shape index (κ1) is 71.8. The fourth-order valence-corrected chi connectivity index (χ4v) is 9.29. The summed E-state index contributed by atoms with van der Waals surface area (Å²) in [6, 6.07) is 0. The zero-order valence-corrected chi connectivity index (χ0v) is 49.8. The molecule has 6 nitrogen and oxygen atoms in total. The highest BCUT2D eigenvalue weighted by molar-refractivity contribution is 5.71. The Bertz CT molecular complexity index is 1390. The molecule has 0 unspecified atom stereocenters. The molecule has 0 rings (SSSR count). The number of rotatable bonds is 59. The van der Waals surface area contributed by atoms with Gasteiger partial charge in [-0.2, -0.15) is 0 Å². The number of hydrogen-bond acceptors (Lipinski definition) is 6. The molecule has 0 aromatic heterocycles. The molecule has 0 aliphatic heterocycles. The monoisotopic (exact) mass is 1050 g/mol. The van der Waals surface area contributed by atoms with Crippen LogP contribution in [0.5, 0.6) is 0 Å². The number of ether oxygens (including phenoxy) is 3. The summed E-state index contributed by atoms with van der Waals surface area (Å²) in [4.78, 5) is 38.3. The molecule has 0 saturated carbocycles. The maximum Gasteiger partial charge on any atom is 0.306 e. The predicted octanol–water partition coefficient (Wildman–Crippen LogP) is 22.1. The van der Waals surface area contributed by atoms with Gasteiger partial charge in [-0.05, 0) is 89.9 Å². The zero-order valence-electron chi connectivity index (χ0n) is 49.8. The molecule has 0 aliphatic rings. The Labute approximate surface area is 465 Å². The van der Waals surface area contributed by atoms with Crippen molar-refractivity contribution in [2.75, 3.05) is 13.2 Å². The van der Waals surface area contributed by atoms with Crippen LogP contribution in [0.3, 0.4) is 0 Å². The second-order valence-corrected chi connectivity index (χ2v) is 21.7. The molecule has 0 saturated heterocycles. The lowest BCUT2D eigenvalue weighted by atomic mass is 10.0. The van der Waals surface area contributed by atoms with Crippen LogP contribution in [-0.4, -0.2) is 37.2 Å².